The Morgan fingerprint density at radius 2 is 1.86 bits per heavy atom. The Hall–Kier alpha value is -1.11. The summed E-state index contributed by atoms with van der Waals surface area (Å²) < 4.78 is 37.4. The minimum Gasteiger partial charge on any atom is -0.390 e. The summed E-state index contributed by atoms with van der Waals surface area (Å²) in [6.07, 6.45) is -4.22. The summed E-state index contributed by atoms with van der Waals surface area (Å²) >= 11 is 0. The van der Waals surface area contributed by atoms with Crippen LogP contribution in [0.25, 0.3) is 0 Å². The van der Waals surface area contributed by atoms with E-state index < -0.39 is 24.9 Å². The van der Waals surface area contributed by atoms with Gasteiger partial charge in [-0.15, -0.1) is 0 Å². The number of aliphatic hydroxyl groups excluding tert-OH is 1. The van der Waals surface area contributed by atoms with Crippen LogP contribution in [0, 0.1) is 0 Å². The number of hydrogen-bond acceptors (Lipinski definition) is 3. The van der Waals surface area contributed by atoms with E-state index in [1.54, 1.807) is 6.92 Å². The smallest absolute Gasteiger partial charge is 0.390 e. The number of rotatable bonds is 8. The van der Waals surface area contributed by atoms with Crippen molar-refractivity contribution in [1.82, 2.24) is 4.90 Å². The van der Waals surface area contributed by atoms with Crippen molar-refractivity contribution in [3.63, 3.8) is 0 Å². The molecule has 1 aromatic rings. The van der Waals surface area contributed by atoms with Gasteiger partial charge in [0.25, 0.3) is 0 Å². The number of halogens is 3. The Morgan fingerprint density at radius 3 is 2.38 bits per heavy atom. The van der Waals surface area contributed by atoms with Gasteiger partial charge in [0.1, 0.15) is 0 Å². The lowest BCUT2D eigenvalue weighted by Crippen LogP contribution is -2.47. The van der Waals surface area contributed by atoms with Crippen molar-refractivity contribution in [2.24, 2.45) is 5.73 Å². The van der Waals surface area contributed by atoms with Crippen LogP contribution in [-0.4, -0.2) is 48.0 Å². The standard InChI is InChI=1S/C15H23F3N2O/c1-2-8-20(11-15(16,17)18)10-14(21)13(19)9-12-6-4-3-5-7-12/h3-7,13-14,21H,2,8-11,19H2,1H3. The molecule has 6 heteroatoms. The topological polar surface area (TPSA) is 49.5 Å². The molecule has 3 nitrogen and oxygen atoms in total. The molecule has 0 aliphatic carbocycles. The van der Waals surface area contributed by atoms with E-state index in [2.05, 4.69) is 0 Å². The van der Waals surface area contributed by atoms with Gasteiger partial charge >= 0.3 is 6.18 Å². The van der Waals surface area contributed by atoms with E-state index in [1.165, 1.54) is 4.90 Å². The number of nitrogens with two attached hydrogens (primary N) is 1. The van der Waals surface area contributed by atoms with Crippen LogP contribution in [0.4, 0.5) is 13.2 Å². The highest BCUT2D eigenvalue weighted by molar-refractivity contribution is 5.16. The van der Waals surface area contributed by atoms with Crippen molar-refractivity contribution in [3.05, 3.63) is 35.9 Å². The average Bonchev–Trinajstić information content (AvgIpc) is 2.38. The molecule has 0 aliphatic heterocycles. The summed E-state index contributed by atoms with van der Waals surface area (Å²) in [5, 5.41) is 10.0. The maximum atomic E-state index is 12.5. The van der Waals surface area contributed by atoms with Crippen molar-refractivity contribution < 1.29 is 18.3 Å². The predicted octanol–water partition coefficient (Wildman–Crippen LogP) is 2.19. The zero-order valence-corrected chi connectivity index (χ0v) is 12.2. The summed E-state index contributed by atoms with van der Waals surface area (Å²) in [5.41, 5.74) is 6.86. The lowest BCUT2D eigenvalue weighted by molar-refractivity contribution is -0.148. The lowest BCUT2D eigenvalue weighted by atomic mass is 10.0. The number of alkyl halides is 3. The summed E-state index contributed by atoms with van der Waals surface area (Å²) in [6.45, 7) is 1.01. The maximum absolute atomic E-state index is 12.5. The molecule has 1 aromatic carbocycles. The van der Waals surface area contributed by atoms with E-state index in [1.807, 2.05) is 30.3 Å². The van der Waals surface area contributed by atoms with Gasteiger partial charge < -0.3 is 10.8 Å². The quantitative estimate of drug-likeness (QED) is 0.774. The Balaban J connectivity index is 2.53. The van der Waals surface area contributed by atoms with E-state index >= 15 is 0 Å². The van der Waals surface area contributed by atoms with Gasteiger partial charge in [-0.3, -0.25) is 4.90 Å². The summed E-state index contributed by atoms with van der Waals surface area (Å²) in [4.78, 5) is 1.20. The minimum atomic E-state index is -4.27. The molecule has 0 fully saturated rings. The van der Waals surface area contributed by atoms with Crippen LogP contribution in [0.2, 0.25) is 0 Å². The van der Waals surface area contributed by atoms with Gasteiger partial charge in [-0.2, -0.15) is 13.2 Å². The fourth-order valence-corrected chi connectivity index (χ4v) is 2.23. The molecule has 0 aromatic heterocycles. The molecule has 0 spiro atoms. The molecule has 2 atom stereocenters. The molecule has 0 heterocycles. The third-order valence-electron chi connectivity index (χ3n) is 3.20. The molecule has 2 unspecified atom stereocenters. The second-order valence-corrected chi connectivity index (χ2v) is 5.27. The number of benzene rings is 1. The van der Waals surface area contributed by atoms with Crippen LogP contribution in [0.1, 0.15) is 18.9 Å². The van der Waals surface area contributed by atoms with Crippen molar-refractivity contribution in [1.29, 1.82) is 0 Å². The van der Waals surface area contributed by atoms with Gasteiger partial charge in [-0.05, 0) is 24.9 Å². The van der Waals surface area contributed by atoms with Gasteiger partial charge in [-0.1, -0.05) is 37.3 Å². The van der Waals surface area contributed by atoms with Crippen LogP contribution in [0.3, 0.4) is 0 Å². The predicted molar refractivity (Wildman–Crippen MR) is 76.9 cm³/mol. The number of hydrogen-bond donors (Lipinski definition) is 2. The van der Waals surface area contributed by atoms with Gasteiger partial charge in [0.05, 0.1) is 12.6 Å². The first-order valence-corrected chi connectivity index (χ1v) is 7.08. The number of nitrogens with zero attached hydrogens (tertiary/aromatic N) is 1. The molecule has 21 heavy (non-hydrogen) atoms. The van der Waals surface area contributed by atoms with Crippen LogP contribution >= 0.6 is 0 Å². The van der Waals surface area contributed by atoms with E-state index in [-0.39, 0.29) is 13.1 Å². The molecule has 1 rings (SSSR count). The minimum absolute atomic E-state index is 0.0681. The van der Waals surface area contributed by atoms with Gasteiger partial charge in [0, 0.05) is 12.6 Å². The Morgan fingerprint density at radius 1 is 1.24 bits per heavy atom. The van der Waals surface area contributed by atoms with Crippen molar-refractivity contribution in [2.45, 2.75) is 38.1 Å². The fraction of sp³-hybridized carbons (Fsp3) is 0.600. The van der Waals surface area contributed by atoms with E-state index in [0.717, 1.165) is 5.56 Å². The maximum Gasteiger partial charge on any atom is 0.401 e. The van der Waals surface area contributed by atoms with Gasteiger partial charge in [0.15, 0.2) is 0 Å². The van der Waals surface area contributed by atoms with E-state index in [9.17, 15) is 18.3 Å². The molecule has 0 aliphatic rings. The van der Waals surface area contributed by atoms with Crippen molar-refractivity contribution >= 4 is 0 Å². The van der Waals surface area contributed by atoms with Crippen molar-refractivity contribution in [2.75, 3.05) is 19.6 Å². The first-order chi connectivity index (χ1) is 9.81. The molecule has 120 valence electrons. The van der Waals surface area contributed by atoms with Crippen LogP contribution in [-0.2, 0) is 6.42 Å². The molecule has 0 bridgehead atoms. The van der Waals surface area contributed by atoms with Gasteiger partial charge in [0.2, 0.25) is 0 Å². The average molecular weight is 304 g/mol. The summed E-state index contributed by atoms with van der Waals surface area (Å²) in [5.74, 6) is 0. The normalized spacial score (nSPS) is 15.2. The Kier molecular flexibility index (Phi) is 7.14. The largest absolute Gasteiger partial charge is 0.401 e. The molecule has 0 saturated heterocycles. The van der Waals surface area contributed by atoms with E-state index in [4.69, 9.17) is 5.73 Å². The second kappa shape index (κ2) is 8.36. The number of aliphatic hydroxyl groups is 1. The van der Waals surface area contributed by atoms with Crippen LogP contribution in [0.5, 0.6) is 0 Å². The molecule has 3 N–H and O–H groups in total. The highest BCUT2D eigenvalue weighted by atomic mass is 19.4. The van der Waals surface area contributed by atoms with Crippen LogP contribution < -0.4 is 5.73 Å². The zero-order chi connectivity index (χ0) is 15.9. The first-order valence-electron chi connectivity index (χ1n) is 7.08. The van der Waals surface area contributed by atoms with Crippen molar-refractivity contribution in [3.8, 4) is 0 Å². The molecule has 0 amide bonds. The SMILES string of the molecule is CCCN(CC(O)C(N)Cc1ccccc1)CC(F)(F)F. The molecular weight excluding hydrogens is 281 g/mol. The summed E-state index contributed by atoms with van der Waals surface area (Å²) in [7, 11) is 0. The third-order valence-corrected chi connectivity index (χ3v) is 3.20. The molecule has 0 saturated carbocycles. The molecule has 0 radical (unpaired) electrons. The highest BCUT2D eigenvalue weighted by Crippen LogP contribution is 2.17. The van der Waals surface area contributed by atoms with Gasteiger partial charge in [-0.25, -0.2) is 0 Å². The lowest BCUT2D eigenvalue weighted by Gasteiger charge is -2.28. The van der Waals surface area contributed by atoms with Crippen LogP contribution in [0.15, 0.2) is 30.3 Å². The zero-order valence-electron chi connectivity index (χ0n) is 12.2. The summed E-state index contributed by atoms with van der Waals surface area (Å²) in [6, 6.07) is 8.78. The fourth-order valence-electron chi connectivity index (χ4n) is 2.23. The Labute approximate surface area is 123 Å². The second-order valence-electron chi connectivity index (χ2n) is 5.27. The molecular formula is C15H23F3N2O. The first kappa shape index (κ1) is 17.9. The highest BCUT2D eigenvalue weighted by Gasteiger charge is 2.31. The third kappa shape index (κ3) is 7.45. The monoisotopic (exact) mass is 304 g/mol. The Bertz CT molecular complexity index is 398. The van der Waals surface area contributed by atoms with E-state index in [0.29, 0.717) is 12.8 Å².